The standard InChI is InChI=1S/C15H28N2O5/c1-10(2)9-11(17-14(20)22-15(3,4)5)13(19)16-8-7-12(18)21-6/h10-11H,7-9H2,1-6H3,(H,16,19)(H,17,20). The summed E-state index contributed by atoms with van der Waals surface area (Å²) in [5.74, 6) is -0.532. The second-order valence-electron chi connectivity index (χ2n) is 6.45. The molecule has 0 aromatic heterocycles. The topological polar surface area (TPSA) is 93.7 Å². The zero-order valence-corrected chi connectivity index (χ0v) is 14.3. The molecule has 1 atom stereocenters. The maximum Gasteiger partial charge on any atom is 0.408 e. The van der Waals surface area contributed by atoms with Gasteiger partial charge in [-0.1, -0.05) is 13.8 Å². The largest absolute Gasteiger partial charge is 0.469 e. The van der Waals surface area contributed by atoms with Crippen molar-refractivity contribution in [1.29, 1.82) is 0 Å². The number of alkyl carbamates (subject to hydrolysis) is 1. The average molecular weight is 316 g/mol. The Morgan fingerprint density at radius 1 is 1.14 bits per heavy atom. The van der Waals surface area contributed by atoms with E-state index in [-0.39, 0.29) is 24.8 Å². The van der Waals surface area contributed by atoms with E-state index >= 15 is 0 Å². The van der Waals surface area contributed by atoms with Crippen LogP contribution in [0.1, 0.15) is 47.5 Å². The van der Waals surface area contributed by atoms with Gasteiger partial charge in [0.05, 0.1) is 13.5 Å². The fraction of sp³-hybridized carbons (Fsp3) is 0.800. The highest BCUT2D eigenvalue weighted by atomic mass is 16.6. The molecule has 0 fully saturated rings. The van der Waals surface area contributed by atoms with Crippen molar-refractivity contribution in [2.45, 2.75) is 59.1 Å². The van der Waals surface area contributed by atoms with Crippen LogP contribution < -0.4 is 10.6 Å². The summed E-state index contributed by atoms with van der Waals surface area (Å²) < 4.78 is 9.65. The number of esters is 1. The van der Waals surface area contributed by atoms with Gasteiger partial charge in [0.1, 0.15) is 11.6 Å². The SMILES string of the molecule is COC(=O)CCNC(=O)C(CC(C)C)NC(=O)OC(C)(C)C. The molecule has 0 aliphatic heterocycles. The van der Waals surface area contributed by atoms with Crippen molar-refractivity contribution in [3.05, 3.63) is 0 Å². The van der Waals surface area contributed by atoms with Gasteiger partial charge >= 0.3 is 12.1 Å². The normalized spacial score (nSPS) is 12.5. The van der Waals surface area contributed by atoms with Crippen molar-refractivity contribution in [3.63, 3.8) is 0 Å². The minimum atomic E-state index is -0.701. The van der Waals surface area contributed by atoms with Crippen LogP contribution in [-0.4, -0.2) is 43.3 Å². The van der Waals surface area contributed by atoms with E-state index in [4.69, 9.17) is 4.74 Å². The van der Waals surface area contributed by atoms with Gasteiger partial charge in [0.25, 0.3) is 0 Å². The number of hydrogen-bond acceptors (Lipinski definition) is 5. The molecule has 22 heavy (non-hydrogen) atoms. The lowest BCUT2D eigenvalue weighted by atomic mass is 10.0. The van der Waals surface area contributed by atoms with Crippen molar-refractivity contribution >= 4 is 18.0 Å². The monoisotopic (exact) mass is 316 g/mol. The highest BCUT2D eigenvalue weighted by Crippen LogP contribution is 2.09. The third-order valence-corrected chi connectivity index (χ3v) is 2.57. The molecule has 0 aliphatic rings. The first kappa shape index (κ1) is 20.2. The van der Waals surface area contributed by atoms with E-state index in [2.05, 4.69) is 15.4 Å². The number of ether oxygens (including phenoxy) is 2. The van der Waals surface area contributed by atoms with Gasteiger partial charge in [0.2, 0.25) is 5.91 Å². The van der Waals surface area contributed by atoms with E-state index in [1.54, 1.807) is 20.8 Å². The first-order chi connectivity index (χ1) is 10.0. The van der Waals surface area contributed by atoms with E-state index in [0.717, 1.165) is 0 Å². The lowest BCUT2D eigenvalue weighted by molar-refractivity contribution is -0.140. The molecule has 7 heteroatoms. The van der Waals surface area contributed by atoms with Crippen molar-refractivity contribution in [3.8, 4) is 0 Å². The second-order valence-corrected chi connectivity index (χ2v) is 6.45. The number of methoxy groups -OCH3 is 1. The van der Waals surface area contributed by atoms with E-state index < -0.39 is 23.7 Å². The first-order valence-corrected chi connectivity index (χ1v) is 7.39. The molecular weight excluding hydrogens is 288 g/mol. The zero-order chi connectivity index (χ0) is 17.3. The van der Waals surface area contributed by atoms with E-state index in [0.29, 0.717) is 6.42 Å². The number of hydrogen-bond donors (Lipinski definition) is 2. The Balaban J connectivity index is 4.52. The molecule has 0 bridgehead atoms. The highest BCUT2D eigenvalue weighted by Gasteiger charge is 2.25. The van der Waals surface area contributed by atoms with Crippen LogP contribution in [0.5, 0.6) is 0 Å². The summed E-state index contributed by atoms with van der Waals surface area (Å²) in [5, 5.41) is 5.18. The average Bonchev–Trinajstić information content (AvgIpc) is 2.34. The molecule has 0 saturated heterocycles. The van der Waals surface area contributed by atoms with Gasteiger partial charge in [0, 0.05) is 6.54 Å². The lowest BCUT2D eigenvalue weighted by Gasteiger charge is -2.24. The summed E-state index contributed by atoms with van der Waals surface area (Å²) in [6.45, 7) is 9.31. The van der Waals surface area contributed by atoms with Gasteiger partial charge in [-0.15, -0.1) is 0 Å². The molecule has 0 aliphatic carbocycles. The van der Waals surface area contributed by atoms with Crippen molar-refractivity contribution in [2.75, 3.05) is 13.7 Å². The van der Waals surface area contributed by atoms with Gasteiger partial charge in [-0.05, 0) is 33.1 Å². The lowest BCUT2D eigenvalue weighted by Crippen LogP contribution is -2.49. The van der Waals surface area contributed by atoms with Gasteiger partial charge in [0.15, 0.2) is 0 Å². The maximum atomic E-state index is 12.1. The molecule has 128 valence electrons. The van der Waals surface area contributed by atoms with Crippen LogP contribution in [0.25, 0.3) is 0 Å². The Hall–Kier alpha value is -1.79. The Bertz CT molecular complexity index is 388. The first-order valence-electron chi connectivity index (χ1n) is 7.39. The van der Waals surface area contributed by atoms with Gasteiger partial charge in [-0.25, -0.2) is 4.79 Å². The Morgan fingerprint density at radius 3 is 2.18 bits per heavy atom. The zero-order valence-electron chi connectivity index (χ0n) is 14.3. The molecule has 0 radical (unpaired) electrons. The number of carbonyl (C=O) groups excluding carboxylic acids is 3. The molecule has 0 rings (SSSR count). The summed E-state index contributed by atoms with van der Waals surface area (Å²) in [6, 6.07) is -0.701. The fourth-order valence-corrected chi connectivity index (χ4v) is 1.67. The van der Waals surface area contributed by atoms with Crippen LogP contribution in [0.15, 0.2) is 0 Å². The number of carbonyl (C=O) groups is 3. The summed E-state index contributed by atoms with van der Waals surface area (Å²) in [6.07, 6.45) is -0.0758. The van der Waals surface area contributed by atoms with Gasteiger partial charge < -0.3 is 20.1 Å². The van der Waals surface area contributed by atoms with E-state index in [1.807, 2.05) is 13.8 Å². The predicted molar refractivity (Wildman–Crippen MR) is 82.3 cm³/mol. The van der Waals surface area contributed by atoms with E-state index in [9.17, 15) is 14.4 Å². The molecule has 2 amide bonds. The molecular formula is C15H28N2O5. The molecule has 0 heterocycles. The summed E-state index contributed by atoms with van der Waals surface area (Å²) >= 11 is 0. The fourth-order valence-electron chi connectivity index (χ4n) is 1.67. The highest BCUT2D eigenvalue weighted by molar-refractivity contribution is 5.86. The molecule has 0 aromatic rings. The summed E-state index contributed by atoms with van der Waals surface area (Å²) in [5.41, 5.74) is -0.631. The predicted octanol–water partition coefficient (Wildman–Crippen LogP) is 1.61. The van der Waals surface area contributed by atoms with Gasteiger partial charge in [-0.2, -0.15) is 0 Å². The smallest absolute Gasteiger partial charge is 0.408 e. The second kappa shape index (κ2) is 9.27. The van der Waals surface area contributed by atoms with Crippen molar-refractivity contribution in [2.24, 2.45) is 5.92 Å². The number of nitrogens with one attached hydrogen (secondary N) is 2. The molecule has 0 saturated carbocycles. The van der Waals surface area contributed by atoms with Crippen LogP contribution in [-0.2, 0) is 19.1 Å². The molecule has 0 aromatic carbocycles. The summed E-state index contributed by atoms with van der Waals surface area (Å²) in [4.78, 5) is 34.9. The maximum absolute atomic E-state index is 12.1. The van der Waals surface area contributed by atoms with Crippen LogP contribution in [0, 0.1) is 5.92 Å². The van der Waals surface area contributed by atoms with Crippen LogP contribution in [0.3, 0.4) is 0 Å². The minimum absolute atomic E-state index is 0.0864. The van der Waals surface area contributed by atoms with Crippen molar-refractivity contribution in [1.82, 2.24) is 10.6 Å². The molecule has 0 spiro atoms. The van der Waals surface area contributed by atoms with Crippen molar-refractivity contribution < 1.29 is 23.9 Å². The molecule has 7 nitrogen and oxygen atoms in total. The number of rotatable bonds is 7. The van der Waals surface area contributed by atoms with Gasteiger partial charge in [-0.3, -0.25) is 9.59 Å². The van der Waals surface area contributed by atoms with E-state index in [1.165, 1.54) is 7.11 Å². The Morgan fingerprint density at radius 2 is 1.73 bits per heavy atom. The minimum Gasteiger partial charge on any atom is -0.469 e. The Kier molecular flexibility index (Phi) is 8.52. The molecule has 2 N–H and O–H groups in total. The third-order valence-electron chi connectivity index (χ3n) is 2.57. The summed E-state index contributed by atoms with van der Waals surface area (Å²) in [7, 11) is 1.29. The molecule has 1 unspecified atom stereocenters. The third kappa shape index (κ3) is 10.0. The quantitative estimate of drug-likeness (QED) is 0.696. The number of amides is 2. The van der Waals surface area contributed by atoms with Crippen LogP contribution >= 0.6 is 0 Å². The van der Waals surface area contributed by atoms with Crippen LogP contribution in [0.2, 0.25) is 0 Å². The Labute approximate surface area is 132 Å². The van der Waals surface area contributed by atoms with Crippen LogP contribution in [0.4, 0.5) is 4.79 Å².